The molecule has 2 unspecified atom stereocenters. The molecule has 0 aliphatic rings. The fraction of sp³-hybridized carbons (Fsp3) is 0.429. The van der Waals surface area contributed by atoms with Crippen molar-refractivity contribution in [2.75, 3.05) is 6.54 Å². The number of aromatic hydroxyl groups is 1. The average Bonchev–Trinajstić information content (AvgIpc) is 2.84. The summed E-state index contributed by atoms with van der Waals surface area (Å²) >= 11 is 0. The lowest BCUT2D eigenvalue weighted by Gasteiger charge is -2.34. The summed E-state index contributed by atoms with van der Waals surface area (Å²) in [7, 11) is 0. The monoisotopic (exact) mass is 526 g/mol. The molecule has 10 heteroatoms. The van der Waals surface area contributed by atoms with Gasteiger partial charge in [-0.2, -0.15) is 0 Å². The van der Waals surface area contributed by atoms with Crippen LogP contribution in [0.4, 0.5) is 4.79 Å². The number of carbonyl (C=O) groups excluding carboxylic acids is 4. The topological polar surface area (TPSA) is 151 Å². The number of para-hydroxylation sites is 1. The molecule has 2 aromatic carbocycles. The van der Waals surface area contributed by atoms with E-state index in [1.807, 2.05) is 37.3 Å². The second-order valence-electron chi connectivity index (χ2n) is 9.92. The summed E-state index contributed by atoms with van der Waals surface area (Å²) in [6.45, 7) is 7.23. The zero-order valence-electron chi connectivity index (χ0n) is 22.4. The van der Waals surface area contributed by atoms with Gasteiger partial charge >= 0.3 is 6.09 Å². The third-order valence-electron chi connectivity index (χ3n) is 5.53. The highest BCUT2D eigenvalue weighted by Crippen LogP contribution is 2.30. The van der Waals surface area contributed by atoms with Crippen LogP contribution in [0.5, 0.6) is 5.75 Å². The molecule has 0 aliphatic heterocycles. The second-order valence-corrected chi connectivity index (χ2v) is 9.92. The molecule has 0 spiro atoms. The van der Waals surface area contributed by atoms with Gasteiger partial charge in [-0.15, -0.1) is 0 Å². The van der Waals surface area contributed by atoms with Gasteiger partial charge in [-0.1, -0.05) is 61.9 Å². The molecule has 0 aliphatic carbocycles. The number of hydrogen-bond acceptors (Lipinski definition) is 6. The van der Waals surface area contributed by atoms with Crippen LogP contribution in [0, 0.1) is 0 Å². The maximum absolute atomic E-state index is 13.9. The van der Waals surface area contributed by atoms with Crippen molar-refractivity contribution in [1.82, 2.24) is 15.5 Å². The number of amides is 4. The Hall–Kier alpha value is -4.08. The number of rotatable bonds is 12. The molecule has 38 heavy (non-hydrogen) atoms. The minimum absolute atomic E-state index is 0.123. The third kappa shape index (κ3) is 9.42. The van der Waals surface area contributed by atoms with E-state index in [1.54, 1.807) is 39.0 Å². The highest BCUT2D eigenvalue weighted by Gasteiger charge is 2.37. The molecule has 0 aromatic heterocycles. The Morgan fingerprint density at radius 2 is 1.66 bits per heavy atom. The number of nitrogens with zero attached hydrogens (tertiary/aromatic N) is 1. The van der Waals surface area contributed by atoms with E-state index in [-0.39, 0.29) is 24.4 Å². The zero-order chi connectivity index (χ0) is 28.3. The number of nitrogens with one attached hydrogen (secondary N) is 2. The summed E-state index contributed by atoms with van der Waals surface area (Å²) in [6.07, 6.45) is -0.180. The highest BCUT2D eigenvalue weighted by molar-refractivity contribution is 5.94. The van der Waals surface area contributed by atoms with Gasteiger partial charge in [-0.25, -0.2) is 4.79 Å². The highest BCUT2D eigenvalue weighted by atomic mass is 16.6. The molecule has 2 aromatic rings. The van der Waals surface area contributed by atoms with E-state index in [0.717, 1.165) is 5.56 Å². The number of primary amides is 1. The fourth-order valence-corrected chi connectivity index (χ4v) is 3.80. The summed E-state index contributed by atoms with van der Waals surface area (Å²) in [5.74, 6) is -2.23. The first kappa shape index (κ1) is 30.1. The standard InChI is InChI=1S/C28H38N4O6/c1-5-6-16-32(26(36)21(17-23(29)34)31-27(37)38-28(2,3)4)24(20-14-10-11-15-22(20)33)25(35)30-18-19-12-8-7-9-13-19/h7-15,21,24,33H,5-6,16-18H2,1-4H3,(H2,29,34)(H,30,35)(H,31,37). The van der Waals surface area contributed by atoms with Crippen molar-refractivity contribution in [1.29, 1.82) is 0 Å². The lowest BCUT2D eigenvalue weighted by atomic mass is 10.0. The van der Waals surface area contributed by atoms with Gasteiger partial charge in [0.15, 0.2) is 0 Å². The molecule has 0 fully saturated rings. The number of unbranched alkanes of at least 4 members (excludes halogenated alkanes) is 1. The Morgan fingerprint density at radius 1 is 1.03 bits per heavy atom. The predicted molar refractivity (Wildman–Crippen MR) is 143 cm³/mol. The minimum Gasteiger partial charge on any atom is -0.508 e. The van der Waals surface area contributed by atoms with Gasteiger partial charge in [0.05, 0.1) is 6.42 Å². The van der Waals surface area contributed by atoms with E-state index in [4.69, 9.17) is 10.5 Å². The van der Waals surface area contributed by atoms with E-state index in [9.17, 15) is 24.3 Å². The largest absolute Gasteiger partial charge is 0.508 e. The molecule has 0 saturated carbocycles. The summed E-state index contributed by atoms with van der Waals surface area (Å²) < 4.78 is 5.27. The van der Waals surface area contributed by atoms with E-state index >= 15 is 0 Å². The van der Waals surface area contributed by atoms with Crippen molar-refractivity contribution in [2.45, 2.75) is 71.2 Å². The molecule has 4 amide bonds. The number of benzene rings is 2. The fourth-order valence-electron chi connectivity index (χ4n) is 3.80. The normalized spacial score (nSPS) is 12.6. The van der Waals surface area contributed by atoms with Crippen molar-refractivity contribution >= 4 is 23.8 Å². The summed E-state index contributed by atoms with van der Waals surface area (Å²) in [5, 5.41) is 15.9. The molecular weight excluding hydrogens is 488 g/mol. The number of phenolic OH excluding ortho intramolecular Hbond substituents is 1. The molecule has 10 nitrogen and oxygen atoms in total. The molecule has 0 bridgehead atoms. The van der Waals surface area contributed by atoms with Crippen LogP contribution in [-0.2, 0) is 25.7 Å². The SMILES string of the molecule is CCCCN(C(=O)C(CC(N)=O)NC(=O)OC(C)(C)C)C(C(=O)NCc1ccccc1)c1ccccc1O. The number of alkyl carbamates (subject to hydrolysis) is 1. The quantitative estimate of drug-likeness (QED) is 0.334. The van der Waals surface area contributed by atoms with Crippen molar-refractivity contribution in [2.24, 2.45) is 5.73 Å². The Labute approximate surface area is 223 Å². The van der Waals surface area contributed by atoms with Crippen LogP contribution >= 0.6 is 0 Å². The van der Waals surface area contributed by atoms with Gasteiger partial charge in [-0.3, -0.25) is 14.4 Å². The van der Waals surface area contributed by atoms with Crippen LogP contribution in [0.15, 0.2) is 54.6 Å². The molecule has 0 radical (unpaired) electrons. The van der Waals surface area contributed by atoms with Crippen LogP contribution in [0.3, 0.4) is 0 Å². The van der Waals surface area contributed by atoms with Gasteiger partial charge < -0.3 is 31.1 Å². The van der Waals surface area contributed by atoms with E-state index in [2.05, 4.69) is 10.6 Å². The van der Waals surface area contributed by atoms with Crippen molar-refractivity contribution < 1.29 is 29.0 Å². The molecule has 0 heterocycles. The molecule has 2 rings (SSSR count). The maximum atomic E-state index is 13.9. The Morgan fingerprint density at radius 3 is 2.24 bits per heavy atom. The van der Waals surface area contributed by atoms with E-state index < -0.39 is 47.9 Å². The van der Waals surface area contributed by atoms with E-state index in [0.29, 0.717) is 12.8 Å². The maximum Gasteiger partial charge on any atom is 0.408 e. The number of hydrogen-bond donors (Lipinski definition) is 4. The van der Waals surface area contributed by atoms with Gasteiger partial charge in [0, 0.05) is 18.7 Å². The van der Waals surface area contributed by atoms with Crippen molar-refractivity contribution in [3.63, 3.8) is 0 Å². The Balaban J connectivity index is 2.47. The van der Waals surface area contributed by atoms with Crippen molar-refractivity contribution in [3.8, 4) is 5.75 Å². The molecule has 5 N–H and O–H groups in total. The predicted octanol–water partition coefficient (Wildman–Crippen LogP) is 3.15. The van der Waals surface area contributed by atoms with Crippen LogP contribution in [0.2, 0.25) is 0 Å². The average molecular weight is 527 g/mol. The second kappa shape index (κ2) is 14.0. The summed E-state index contributed by atoms with van der Waals surface area (Å²) in [6, 6.07) is 12.9. The Bertz CT molecular complexity index is 1100. The molecule has 2 atom stereocenters. The lowest BCUT2D eigenvalue weighted by molar-refractivity contribution is -0.143. The lowest BCUT2D eigenvalue weighted by Crippen LogP contribution is -2.54. The molecule has 0 saturated heterocycles. The van der Waals surface area contributed by atoms with Gasteiger partial charge in [0.2, 0.25) is 17.7 Å². The molecule has 206 valence electrons. The van der Waals surface area contributed by atoms with Crippen molar-refractivity contribution in [3.05, 3.63) is 65.7 Å². The summed E-state index contributed by atoms with van der Waals surface area (Å²) in [5.41, 5.74) is 5.61. The third-order valence-corrected chi connectivity index (χ3v) is 5.53. The minimum atomic E-state index is -1.38. The number of nitrogens with two attached hydrogens (primary N) is 1. The zero-order valence-corrected chi connectivity index (χ0v) is 22.4. The van der Waals surface area contributed by atoms with Gasteiger partial charge in [0.25, 0.3) is 0 Å². The first-order chi connectivity index (χ1) is 17.9. The van der Waals surface area contributed by atoms with Crippen LogP contribution in [0.25, 0.3) is 0 Å². The van der Waals surface area contributed by atoms with Crippen LogP contribution in [0.1, 0.15) is 64.1 Å². The van der Waals surface area contributed by atoms with Gasteiger partial charge in [0.1, 0.15) is 23.4 Å². The smallest absolute Gasteiger partial charge is 0.408 e. The number of ether oxygens (including phenoxy) is 1. The van der Waals surface area contributed by atoms with Crippen LogP contribution in [-0.4, -0.2) is 52.0 Å². The Kier molecular flexibility index (Phi) is 11.1. The van der Waals surface area contributed by atoms with Gasteiger partial charge in [-0.05, 0) is 38.8 Å². The first-order valence-electron chi connectivity index (χ1n) is 12.6. The van der Waals surface area contributed by atoms with Crippen LogP contribution < -0.4 is 16.4 Å². The molecular formula is C28H38N4O6. The first-order valence-corrected chi connectivity index (χ1v) is 12.6. The summed E-state index contributed by atoms with van der Waals surface area (Å²) in [4.78, 5) is 53.1. The number of carbonyl (C=O) groups is 4. The van der Waals surface area contributed by atoms with E-state index in [1.165, 1.54) is 11.0 Å². The number of phenols is 1.